The first kappa shape index (κ1) is 17.6. The maximum atomic E-state index is 9.93. The van der Waals surface area contributed by atoms with Gasteiger partial charge >= 0.3 is 0 Å². The maximum absolute atomic E-state index is 9.93. The van der Waals surface area contributed by atoms with Crippen LogP contribution >= 0.6 is 0 Å². The summed E-state index contributed by atoms with van der Waals surface area (Å²) in [5, 5.41) is 28.7. The van der Waals surface area contributed by atoms with Crippen molar-refractivity contribution < 1.29 is 20.1 Å². The molecule has 0 spiro atoms. The zero-order valence-electron chi connectivity index (χ0n) is 12.6. The molecule has 0 amide bonds. The lowest BCUT2D eigenvalue weighted by atomic mass is 9.92. The molecule has 4 nitrogen and oxygen atoms in total. The summed E-state index contributed by atoms with van der Waals surface area (Å²) >= 11 is 0. The Hall–Kier alpha value is -0.420. The van der Waals surface area contributed by atoms with Crippen LogP contribution in [0.3, 0.4) is 0 Å². The van der Waals surface area contributed by atoms with Crippen LogP contribution in [0.25, 0.3) is 0 Å². The molecule has 0 radical (unpaired) electrons. The van der Waals surface area contributed by atoms with Crippen LogP contribution in [0.5, 0.6) is 0 Å². The van der Waals surface area contributed by atoms with Crippen molar-refractivity contribution in [2.75, 3.05) is 6.61 Å². The van der Waals surface area contributed by atoms with Crippen LogP contribution in [0.15, 0.2) is 12.7 Å². The Bertz CT molecular complexity index is 269. The van der Waals surface area contributed by atoms with Gasteiger partial charge in [0.25, 0.3) is 0 Å². The van der Waals surface area contributed by atoms with Crippen molar-refractivity contribution in [3.8, 4) is 0 Å². The van der Waals surface area contributed by atoms with Crippen LogP contribution in [0.4, 0.5) is 0 Å². The van der Waals surface area contributed by atoms with Crippen molar-refractivity contribution in [2.45, 2.75) is 76.3 Å². The lowest BCUT2D eigenvalue weighted by Crippen LogP contribution is -2.35. The zero-order chi connectivity index (χ0) is 15.0. The van der Waals surface area contributed by atoms with Crippen molar-refractivity contribution in [2.24, 2.45) is 5.92 Å². The lowest BCUT2D eigenvalue weighted by molar-refractivity contribution is -0.0417. The van der Waals surface area contributed by atoms with E-state index in [0.717, 1.165) is 19.3 Å². The monoisotopic (exact) mass is 286 g/mol. The number of aliphatic hydroxyl groups excluding tert-OH is 3. The fraction of sp³-hybridized carbons (Fsp3) is 0.875. The molecule has 1 fully saturated rings. The number of hydrogen-bond acceptors (Lipinski definition) is 4. The van der Waals surface area contributed by atoms with Gasteiger partial charge in [-0.3, -0.25) is 0 Å². The normalized spacial score (nSPS) is 31.4. The minimum Gasteiger partial charge on any atom is -0.394 e. The summed E-state index contributed by atoms with van der Waals surface area (Å²) in [5.41, 5.74) is 0. The summed E-state index contributed by atoms with van der Waals surface area (Å²) in [6.07, 6.45) is 7.19. The molecule has 0 saturated carbocycles. The van der Waals surface area contributed by atoms with Gasteiger partial charge in [-0.1, -0.05) is 38.7 Å². The minimum atomic E-state index is -0.966. The summed E-state index contributed by atoms with van der Waals surface area (Å²) in [6.45, 7) is 5.51. The Labute approximate surface area is 122 Å². The molecule has 20 heavy (non-hydrogen) atoms. The molecular formula is C16H30O4. The van der Waals surface area contributed by atoms with Gasteiger partial charge < -0.3 is 20.1 Å². The largest absolute Gasteiger partial charge is 0.394 e. The highest BCUT2D eigenvalue weighted by Crippen LogP contribution is 2.29. The molecule has 4 heteroatoms. The molecular weight excluding hydrogens is 256 g/mol. The second kappa shape index (κ2) is 9.50. The molecule has 5 atom stereocenters. The minimum absolute atomic E-state index is 0.198. The molecule has 0 aliphatic carbocycles. The molecule has 1 unspecified atom stereocenters. The van der Waals surface area contributed by atoms with E-state index in [9.17, 15) is 10.2 Å². The van der Waals surface area contributed by atoms with Crippen molar-refractivity contribution in [3.05, 3.63) is 12.7 Å². The average molecular weight is 286 g/mol. The molecule has 1 saturated heterocycles. The van der Waals surface area contributed by atoms with Crippen molar-refractivity contribution in [1.82, 2.24) is 0 Å². The predicted molar refractivity (Wildman–Crippen MR) is 79.4 cm³/mol. The Kier molecular flexibility index (Phi) is 8.38. The van der Waals surface area contributed by atoms with Gasteiger partial charge in [-0.2, -0.15) is 0 Å². The molecule has 0 bridgehead atoms. The topological polar surface area (TPSA) is 69.9 Å². The third-order valence-electron chi connectivity index (χ3n) is 4.21. The third-order valence-corrected chi connectivity index (χ3v) is 4.21. The average Bonchev–Trinajstić information content (AvgIpc) is 2.74. The standard InChI is InChI=1S/C16H30O4/c1-3-4-5-6-7-8-9-10-12(2)16-15(19)14(18)13(11-17)20-16/h3,12-19H,1,4-11H2,2H3/t12?,13-,14-,15+,16-/m1/s1. The quantitative estimate of drug-likeness (QED) is 0.424. The first-order chi connectivity index (χ1) is 9.61. The zero-order valence-corrected chi connectivity index (χ0v) is 12.6. The molecule has 1 aliphatic heterocycles. The summed E-state index contributed by atoms with van der Waals surface area (Å²) < 4.78 is 5.55. The number of aliphatic hydroxyl groups is 3. The van der Waals surface area contributed by atoms with E-state index in [2.05, 4.69) is 6.58 Å². The molecule has 1 heterocycles. The van der Waals surface area contributed by atoms with E-state index in [4.69, 9.17) is 9.84 Å². The number of rotatable bonds is 10. The summed E-state index contributed by atoms with van der Waals surface area (Å²) in [5.74, 6) is 0.198. The fourth-order valence-corrected chi connectivity index (χ4v) is 2.85. The van der Waals surface area contributed by atoms with Crippen LogP contribution in [-0.4, -0.2) is 46.3 Å². The van der Waals surface area contributed by atoms with Crippen LogP contribution in [0.2, 0.25) is 0 Å². The van der Waals surface area contributed by atoms with Gasteiger partial charge in [-0.25, -0.2) is 0 Å². The molecule has 1 rings (SSSR count). The number of hydrogen-bond donors (Lipinski definition) is 3. The Balaban J connectivity index is 2.16. The number of ether oxygens (including phenoxy) is 1. The highest BCUT2D eigenvalue weighted by Gasteiger charge is 2.44. The van der Waals surface area contributed by atoms with E-state index in [-0.39, 0.29) is 18.6 Å². The number of allylic oxidation sites excluding steroid dienone is 1. The summed E-state index contributed by atoms with van der Waals surface area (Å²) in [7, 11) is 0. The Morgan fingerprint density at radius 2 is 1.75 bits per heavy atom. The van der Waals surface area contributed by atoms with Crippen molar-refractivity contribution >= 4 is 0 Å². The van der Waals surface area contributed by atoms with E-state index in [1.165, 1.54) is 25.7 Å². The smallest absolute Gasteiger partial charge is 0.111 e. The Morgan fingerprint density at radius 3 is 2.35 bits per heavy atom. The van der Waals surface area contributed by atoms with Crippen LogP contribution in [-0.2, 0) is 4.74 Å². The van der Waals surface area contributed by atoms with Gasteiger partial charge in [0.05, 0.1) is 12.7 Å². The van der Waals surface area contributed by atoms with E-state index in [1.807, 2.05) is 13.0 Å². The van der Waals surface area contributed by atoms with Gasteiger partial charge in [0, 0.05) is 0 Å². The molecule has 0 aromatic heterocycles. The van der Waals surface area contributed by atoms with Gasteiger partial charge in [-0.15, -0.1) is 6.58 Å². The molecule has 1 aliphatic rings. The highest BCUT2D eigenvalue weighted by atomic mass is 16.6. The summed E-state index contributed by atoms with van der Waals surface area (Å²) in [4.78, 5) is 0. The summed E-state index contributed by atoms with van der Waals surface area (Å²) in [6, 6.07) is 0. The predicted octanol–water partition coefficient (Wildman–Crippen LogP) is 2.02. The fourth-order valence-electron chi connectivity index (χ4n) is 2.85. The lowest BCUT2D eigenvalue weighted by Gasteiger charge is -2.22. The Morgan fingerprint density at radius 1 is 1.10 bits per heavy atom. The van der Waals surface area contributed by atoms with Crippen LogP contribution in [0.1, 0.15) is 51.9 Å². The van der Waals surface area contributed by atoms with Gasteiger partial charge in [0.2, 0.25) is 0 Å². The van der Waals surface area contributed by atoms with Gasteiger partial charge in [-0.05, 0) is 25.2 Å². The van der Waals surface area contributed by atoms with Gasteiger partial charge in [0.1, 0.15) is 18.3 Å². The van der Waals surface area contributed by atoms with Crippen molar-refractivity contribution in [3.63, 3.8) is 0 Å². The van der Waals surface area contributed by atoms with E-state index >= 15 is 0 Å². The van der Waals surface area contributed by atoms with E-state index in [0.29, 0.717) is 0 Å². The molecule has 3 N–H and O–H groups in total. The van der Waals surface area contributed by atoms with Crippen LogP contribution < -0.4 is 0 Å². The molecule has 0 aromatic carbocycles. The van der Waals surface area contributed by atoms with Crippen LogP contribution in [0, 0.1) is 5.92 Å². The SMILES string of the molecule is C=CCCCCCCCC(C)[C@H]1O[C@H](CO)[C@@H](O)[C@@H]1O. The first-order valence-electron chi connectivity index (χ1n) is 7.85. The van der Waals surface area contributed by atoms with Crippen molar-refractivity contribution in [1.29, 1.82) is 0 Å². The highest BCUT2D eigenvalue weighted by molar-refractivity contribution is 4.92. The molecule has 0 aromatic rings. The maximum Gasteiger partial charge on any atom is 0.111 e. The van der Waals surface area contributed by atoms with Gasteiger partial charge in [0.15, 0.2) is 0 Å². The van der Waals surface area contributed by atoms with E-state index in [1.54, 1.807) is 0 Å². The molecule has 118 valence electrons. The van der Waals surface area contributed by atoms with E-state index < -0.39 is 18.3 Å². The first-order valence-corrected chi connectivity index (χ1v) is 7.85. The second-order valence-corrected chi connectivity index (χ2v) is 5.91. The third kappa shape index (κ3) is 5.17. The number of unbranched alkanes of at least 4 members (excludes halogenated alkanes) is 5. The second-order valence-electron chi connectivity index (χ2n) is 5.91.